The molecule has 0 bridgehead atoms. The van der Waals surface area contributed by atoms with Crippen molar-refractivity contribution in [3.63, 3.8) is 0 Å². The molecule has 0 radical (unpaired) electrons. The van der Waals surface area contributed by atoms with Crippen molar-refractivity contribution in [1.29, 1.82) is 0 Å². The molecule has 8 heteroatoms. The topological polar surface area (TPSA) is 58.2 Å². The predicted molar refractivity (Wildman–Crippen MR) is 105 cm³/mol. The molecule has 2 aromatic carbocycles. The van der Waals surface area contributed by atoms with Crippen molar-refractivity contribution in [2.24, 2.45) is 0 Å². The van der Waals surface area contributed by atoms with Crippen molar-refractivity contribution in [1.82, 2.24) is 5.32 Å². The number of hydrogen-bond donors (Lipinski definition) is 2. The van der Waals surface area contributed by atoms with Crippen LogP contribution in [-0.2, 0) is 9.59 Å². The molecule has 0 aliphatic rings. The van der Waals surface area contributed by atoms with Gasteiger partial charge in [-0.15, -0.1) is 11.8 Å². The zero-order valence-corrected chi connectivity index (χ0v) is 16.2. The Hall–Kier alpha value is -1.76. The summed E-state index contributed by atoms with van der Waals surface area (Å²) in [6.45, 7) is 1.84. The van der Waals surface area contributed by atoms with E-state index < -0.39 is 0 Å². The lowest BCUT2D eigenvalue weighted by Gasteiger charge is -2.15. The number of rotatable bonds is 7. The third-order valence-corrected chi connectivity index (χ3v) is 5.09. The fourth-order valence-electron chi connectivity index (χ4n) is 2.11. The highest BCUT2D eigenvalue weighted by atomic mass is 35.5. The zero-order valence-electron chi connectivity index (χ0n) is 13.9. The van der Waals surface area contributed by atoms with Gasteiger partial charge in [-0.2, -0.15) is 0 Å². The van der Waals surface area contributed by atoms with Crippen LogP contribution in [0.5, 0.6) is 0 Å². The van der Waals surface area contributed by atoms with E-state index in [2.05, 4.69) is 10.6 Å². The van der Waals surface area contributed by atoms with Crippen LogP contribution in [0.4, 0.5) is 10.1 Å². The Morgan fingerprint density at radius 2 is 1.69 bits per heavy atom. The first-order chi connectivity index (χ1) is 12.3. The van der Waals surface area contributed by atoms with Gasteiger partial charge in [0, 0.05) is 5.69 Å². The molecule has 0 aromatic heterocycles. The second kappa shape index (κ2) is 9.80. The minimum absolute atomic E-state index is 0.117. The molecule has 0 saturated heterocycles. The molecule has 2 aromatic rings. The summed E-state index contributed by atoms with van der Waals surface area (Å²) in [6.07, 6.45) is 0. The first-order valence-corrected chi connectivity index (χ1v) is 9.63. The first kappa shape index (κ1) is 20.6. The molecule has 0 aliphatic carbocycles. The lowest BCUT2D eigenvalue weighted by atomic mass is 10.1. The molecule has 4 nitrogen and oxygen atoms in total. The highest BCUT2D eigenvalue weighted by Gasteiger charge is 2.12. The Kier molecular flexibility index (Phi) is 7.75. The molecular weight excluding hydrogens is 398 g/mol. The van der Waals surface area contributed by atoms with Crippen LogP contribution in [0, 0.1) is 5.82 Å². The standard InChI is InChI=1S/C18H17Cl2FN2O2S/c1-11(12-2-7-15(19)16(20)8-12)22-17(24)9-26-10-18(25)23-14-5-3-13(21)4-6-14/h2-8,11H,9-10H2,1H3,(H,22,24)(H,23,25). The maximum absolute atomic E-state index is 12.8. The number of hydrogen-bond acceptors (Lipinski definition) is 3. The Labute approximate surface area is 165 Å². The molecule has 1 atom stereocenters. The van der Waals surface area contributed by atoms with Gasteiger partial charge in [-0.25, -0.2) is 4.39 Å². The van der Waals surface area contributed by atoms with Gasteiger partial charge in [-0.1, -0.05) is 29.3 Å². The SMILES string of the molecule is CC(NC(=O)CSCC(=O)Nc1ccc(F)cc1)c1ccc(Cl)c(Cl)c1. The Morgan fingerprint density at radius 3 is 2.35 bits per heavy atom. The summed E-state index contributed by atoms with van der Waals surface area (Å²) in [4.78, 5) is 23.8. The fraction of sp³-hybridized carbons (Fsp3) is 0.222. The molecule has 0 spiro atoms. The van der Waals surface area contributed by atoms with E-state index in [1.165, 1.54) is 36.0 Å². The monoisotopic (exact) mass is 414 g/mol. The van der Waals surface area contributed by atoms with Gasteiger partial charge in [-0.05, 0) is 48.9 Å². The fourth-order valence-corrected chi connectivity index (χ4v) is 3.05. The van der Waals surface area contributed by atoms with Crippen LogP contribution in [0.1, 0.15) is 18.5 Å². The van der Waals surface area contributed by atoms with Crippen LogP contribution in [0.3, 0.4) is 0 Å². The average molecular weight is 415 g/mol. The van der Waals surface area contributed by atoms with Gasteiger partial charge in [0.2, 0.25) is 11.8 Å². The third-order valence-electron chi connectivity index (χ3n) is 3.42. The summed E-state index contributed by atoms with van der Waals surface area (Å²) >= 11 is 13.0. The molecule has 138 valence electrons. The maximum atomic E-state index is 12.8. The lowest BCUT2D eigenvalue weighted by Crippen LogP contribution is -2.28. The number of benzene rings is 2. The van der Waals surface area contributed by atoms with Crippen LogP contribution in [0.25, 0.3) is 0 Å². The summed E-state index contributed by atoms with van der Waals surface area (Å²) < 4.78 is 12.8. The van der Waals surface area contributed by atoms with Crippen LogP contribution in [0.15, 0.2) is 42.5 Å². The minimum atomic E-state index is -0.370. The molecule has 26 heavy (non-hydrogen) atoms. The number of carbonyl (C=O) groups excluding carboxylic acids is 2. The summed E-state index contributed by atoms with van der Waals surface area (Å²) in [7, 11) is 0. The number of amides is 2. The second-order valence-corrected chi connectivity index (χ2v) is 7.31. The van der Waals surface area contributed by atoms with Gasteiger partial charge in [0.1, 0.15) is 5.82 Å². The smallest absolute Gasteiger partial charge is 0.234 e. The second-order valence-electron chi connectivity index (χ2n) is 5.51. The van der Waals surface area contributed by atoms with Crippen molar-refractivity contribution < 1.29 is 14.0 Å². The van der Waals surface area contributed by atoms with E-state index in [9.17, 15) is 14.0 Å². The molecular formula is C18H17Cl2FN2O2S. The predicted octanol–water partition coefficient (Wildman–Crippen LogP) is 4.68. The van der Waals surface area contributed by atoms with Gasteiger partial charge in [0.25, 0.3) is 0 Å². The first-order valence-electron chi connectivity index (χ1n) is 7.72. The minimum Gasteiger partial charge on any atom is -0.349 e. The van der Waals surface area contributed by atoms with Gasteiger partial charge in [0.05, 0.1) is 27.6 Å². The molecule has 2 N–H and O–H groups in total. The third kappa shape index (κ3) is 6.52. The Morgan fingerprint density at radius 1 is 1.04 bits per heavy atom. The van der Waals surface area contributed by atoms with E-state index in [4.69, 9.17) is 23.2 Å². The number of thioether (sulfide) groups is 1. The van der Waals surface area contributed by atoms with Gasteiger partial charge >= 0.3 is 0 Å². The highest BCUT2D eigenvalue weighted by molar-refractivity contribution is 8.00. The normalized spacial score (nSPS) is 11.7. The van der Waals surface area contributed by atoms with Crippen molar-refractivity contribution in [2.75, 3.05) is 16.8 Å². The van der Waals surface area contributed by atoms with E-state index in [1.54, 1.807) is 18.2 Å². The summed E-state index contributed by atoms with van der Waals surface area (Å²) in [6, 6.07) is 10.4. The van der Waals surface area contributed by atoms with Crippen LogP contribution >= 0.6 is 35.0 Å². The average Bonchev–Trinajstić information content (AvgIpc) is 2.59. The van der Waals surface area contributed by atoms with E-state index >= 15 is 0 Å². The maximum Gasteiger partial charge on any atom is 0.234 e. The van der Waals surface area contributed by atoms with E-state index in [-0.39, 0.29) is 35.2 Å². The van der Waals surface area contributed by atoms with Crippen LogP contribution in [0.2, 0.25) is 10.0 Å². The molecule has 0 aliphatic heterocycles. The Balaban J connectivity index is 1.73. The van der Waals surface area contributed by atoms with Crippen LogP contribution < -0.4 is 10.6 Å². The summed E-state index contributed by atoms with van der Waals surface area (Å²) in [5.41, 5.74) is 1.35. The molecule has 2 amide bonds. The number of carbonyl (C=O) groups is 2. The van der Waals surface area contributed by atoms with Crippen molar-refractivity contribution in [3.8, 4) is 0 Å². The van der Waals surface area contributed by atoms with Crippen LogP contribution in [-0.4, -0.2) is 23.3 Å². The molecule has 1 unspecified atom stereocenters. The summed E-state index contributed by atoms with van der Waals surface area (Å²) in [5, 5.41) is 6.36. The zero-order chi connectivity index (χ0) is 19.1. The van der Waals surface area contributed by atoms with Crippen molar-refractivity contribution in [2.45, 2.75) is 13.0 Å². The molecule has 0 heterocycles. The highest BCUT2D eigenvalue weighted by Crippen LogP contribution is 2.25. The summed E-state index contributed by atoms with van der Waals surface area (Å²) in [5.74, 6) is -0.561. The van der Waals surface area contributed by atoms with Gasteiger partial charge in [0.15, 0.2) is 0 Å². The number of nitrogens with one attached hydrogen (secondary N) is 2. The number of halogens is 3. The molecule has 0 fully saturated rings. The Bertz CT molecular complexity index is 787. The van der Waals surface area contributed by atoms with Crippen molar-refractivity contribution in [3.05, 3.63) is 63.9 Å². The van der Waals surface area contributed by atoms with E-state index in [1.807, 2.05) is 6.92 Å². The van der Waals surface area contributed by atoms with E-state index in [0.29, 0.717) is 15.7 Å². The van der Waals surface area contributed by atoms with Gasteiger partial charge in [-0.3, -0.25) is 9.59 Å². The molecule has 2 rings (SSSR count). The van der Waals surface area contributed by atoms with Crippen molar-refractivity contribution >= 4 is 52.5 Å². The van der Waals surface area contributed by atoms with E-state index in [0.717, 1.165) is 5.56 Å². The molecule has 0 saturated carbocycles. The number of anilines is 1. The van der Waals surface area contributed by atoms with Gasteiger partial charge < -0.3 is 10.6 Å². The lowest BCUT2D eigenvalue weighted by molar-refractivity contribution is -0.119. The largest absolute Gasteiger partial charge is 0.349 e. The quantitative estimate of drug-likeness (QED) is 0.691.